The van der Waals surface area contributed by atoms with Gasteiger partial charge in [-0.3, -0.25) is 9.69 Å². The van der Waals surface area contributed by atoms with Crippen molar-refractivity contribution in [2.45, 2.75) is 25.8 Å². The van der Waals surface area contributed by atoms with E-state index in [2.05, 4.69) is 6.92 Å². The van der Waals surface area contributed by atoms with Crippen LogP contribution in [0, 0.1) is 0 Å². The molecule has 0 saturated heterocycles. The van der Waals surface area contributed by atoms with Crippen molar-refractivity contribution in [3.8, 4) is 0 Å². The van der Waals surface area contributed by atoms with Crippen molar-refractivity contribution in [1.29, 1.82) is 0 Å². The molecule has 3 nitrogen and oxygen atoms in total. The molecule has 0 fully saturated rings. The SMILES string of the molecule is CCCCN(C)C(C(=O)O)c1ccc(Cl)cc1. The topological polar surface area (TPSA) is 40.5 Å². The number of benzene rings is 1. The Morgan fingerprint density at radius 1 is 1.41 bits per heavy atom. The zero-order valence-electron chi connectivity index (χ0n) is 10.2. The van der Waals surface area contributed by atoms with Gasteiger partial charge in [-0.05, 0) is 37.7 Å². The van der Waals surface area contributed by atoms with Crippen LogP contribution in [0.5, 0.6) is 0 Å². The highest BCUT2D eigenvalue weighted by atomic mass is 35.5. The number of unbranched alkanes of at least 4 members (excludes halogenated alkanes) is 1. The van der Waals surface area contributed by atoms with E-state index in [9.17, 15) is 9.90 Å². The van der Waals surface area contributed by atoms with Crippen LogP contribution in [0.3, 0.4) is 0 Å². The summed E-state index contributed by atoms with van der Waals surface area (Å²) in [6.45, 7) is 2.86. The first kappa shape index (κ1) is 14.0. The van der Waals surface area contributed by atoms with E-state index in [1.807, 2.05) is 11.9 Å². The van der Waals surface area contributed by atoms with Gasteiger partial charge in [0.05, 0.1) is 0 Å². The first-order valence-corrected chi connectivity index (χ1v) is 6.12. The van der Waals surface area contributed by atoms with Gasteiger partial charge in [-0.25, -0.2) is 0 Å². The van der Waals surface area contributed by atoms with E-state index in [4.69, 9.17) is 11.6 Å². The molecule has 0 aliphatic rings. The average molecular weight is 256 g/mol. The molecule has 0 amide bonds. The van der Waals surface area contributed by atoms with Crippen LogP contribution >= 0.6 is 11.6 Å². The summed E-state index contributed by atoms with van der Waals surface area (Å²) < 4.78 is 0. The molecular weight excluding hydrogens is 238 g/mol. The highest BCUT2D eigenvalue weighted by Crippen LogP contribution is 2.22. The number of halogens is 1. The van der Waals surface area contributed by atoms with Crippen molar-refractivity contribution >= 4 is 17.6 Å². The second-order valence-electron chi connectivity index (χ2n) is 4.13. The van der Waals surface area contributed by atoms with E-state index < -0.39 is 12.0 Å². The molecule has 0 bridgehead atoms. The number of aliphatic carboxylic acids is 1. The molecule has 94 valence electrons. The summed E-state index contributed by atoms with van der Waals surface area (Å²) in [4.78, 5) is 13.2. The van der Waals surface area contributed by atoms with Crippen LogP contribution in [0.15, 0.2) is 24.3 Å². The molecular formula is C13H18ClNO2. The number of nitrogens with zero attached hydrogens (tertiary/aromatic N) is 1. The molecule has 0 radical (unpaired) electrons. The molecule has 1 aromatic carbocycles. The molecule has 0 heterocycles. The lowest BCUT2D eigenvalue weighted by molar-refractivity contribution is -0.143. The summed E-state index contributed by atoms with van der Waals surface area (Å²) in [7, 11) is 1.84. The quantitative estimate of drug-likeness (QED) is 0.849. The molecule has 1 N–H and O–H groups in total. The predicted molar refractivity (Wildman–Crippen MR) is 69.4 cm³/mol. The van der Waals surface area contributed by atoms with Crippen LogP contribution in [0.1, 0.15) is 31.4 Å². The lowest BCUT2D eigenvalue weighted by Crippen LogP contribution is -2.31. The summed E-state index contributed by atoms with van der Waals surface area (Å²) in [6.07, 6.45) is 2.05. The van der Waals surface area contributed by atoms with E-state index in [1.165, 1.54) is 0 Å². The van der Waals surface area contributed by atoms with Crippen molar-refractivity contribution < 1.29 is 9.90 Å². The maximum absolute atomic E-state index is 11.3. The van der Waals surface area contributed by atoms with Crippen molar-refractivity contribution in [3.05, 3.63) is 34.9 Å². The fourth-order valence-electron chi connectivity index (χ4n) is 1.77. The number of hydrogen-bond acceptors (Lipinski definition) is 2. The third-order valence-electron chi connectivity index (χ3n) is 2.72. The Balaban J connectivity index is 2.85. The van der Waals surface area contributed by atoms with E-state index in [-0.39, 0.29) is 0 Å². The number of likely N-dealkylation sites (N-methyl/N-ethyl adjacent to an activating group) is 1. The van der Waals surface area contributed by atoms with Gasteiger partial charge < -0.3 is 5.11 Å². The van der Waals surface area contributed by atoms with E-state index in [0.29, 0.717) is 5.02 Å². The third-order valence-corrected chi connectivity index (χ3v) is 2.98. The van der Waals surface area contributed by atoms with Crippen LogP contribution in [0.25, 0.3) is 0 Å². The summed E-state index contributed by atoms with van der Waals surface area (Å²) in [6, 6.07) is 6.38. The molecule has 0 spiro atoms. The van der Waals surface area contributed by atoms with Gasteiger partial charge in [0.2, 0.25) is 0 Å². The van der Waals surface area contributed by atoms with Gasteiger partial charge >= 0.3 is 5.97 Å². The normalized spacial score (nSPS) is 12.7. The van der Waals surface area contributed by atoms with Crippen LogP contribution in [-0.2, 0) is 4.79 Å². The second-order valence-corrected chi connectivity index (χ2v) is 4.56. The van der Waals surface area contributed by atoms with Crippen molar-refractivity contribution in [2.24, 2.45) is 0 Å². The lowest BCUT2D eigenvalue weighted by Gasteiger charge is -2.24. The minimum atomic E-state index is -0.828. The fourth-order valence-corrected chi connectivity index (χ4v) is 1.89. The molecule has 1 unspecified atom stereocenters. The van der Waals surface area contributed by atoms with E-state index >= 15 is 0 Å². The molecule has 1 aromatic rings. The summed E-state index contributed by atoms with van der Waals surface area (Å²) in [5, 5.41) is 9.91. The van der Waals surface area contributed by atoms with Crippen molar-refractivity contribution in [2.75, 3.05) is 13.6 Å². The smallest absolute Gasteiger partial charge is 0.325 e. The summed E-state index contributed by atoms with van der Waals surface area (Å²) >= 11 is 5.80. The fraction of sp³-hybridized carbons (Fsp3) is 0.462. The zero-order chi connectivity index (χ0) is 12.8. The number of carboxylic acids is 1. The average Bonchev–Trinajstić information content (AvgIpc) is 2.29. The number of hydrogen-bond donors (Lipinski definition) is 1. The van der Waals surface area contributed by atoms with Crippen molar-refractivity contribution in [1.82, 2.24) is 4.90 Å². The standard InChI is InChI=1S/C13H18ClNO2/c1-3-4-9-15(2)12(13(16)17)10-5-7-11(14)8-6-10/h5-8,12H,3-4,9H2,1-2H3,(H,16,17). The summed E-state index contributed by atoms with van der Waals surface area (Å²) in [5.41, 5.74) is 0.764. The molecule has 0 saturated carbocycles. The maximum atomic E-state index is 11.3. The van der Waals surface area contributed by atoms with Gasteiger partial charge in [-0.2, -0.15) is 0 Å². The highest BCUT2D eigenvalue weighted by Gasteiger charge is 2.23. The predicted octanol–water partition coefficient (Wildman–Crippen LogP) is 3.20. The maximum Gasteiger partial charge on any atom is 0.325 e. The second kappa shape index (κ2) is 6.62. The minimum absolute atomic E-state index is 0.598. The molecule has 4 heteroatoms. The summed E-state index contributed by atoms with van der Waals surface area (Å²) in [5.74, 6) is -0.828. The van der Waals surface area contributed by atoms with Crippen LogP contribution in [0.4, 0.5) is 0 Å². The lowest BCUT2D eigenvalue weighted by atomic mass is 10.1. The molecule has 1 rings (SSSR count). The Morgan fingerprint density at radius 2 is 2.00 bits per heavy atom. The van der Waals surface area contributed by atoms with Crippen LogP contribution < -0.4 is 0 Å². The van der Waals surface area contributed by atoms with Gasteiger partial charge in [0.15, 0.2) is 0 Å². The van der Waals surface area contributed by atoms with Gasteiger partial charge in [-0.15, -0.1) is 0 Å². The van der Waals surface area contributed by atoms with Crippen LogP contribution in [0.2, 0.25) is 5.02 Å². The Bertz CT molecular complexity index is 364. The van der Waals surface area contributed by atoms with E-state index in [1.54, 1.807) is 24.3 Å². The molecule has 1 atom stereocenters. The largest absolute Gasteiger partial charge is 0.480 e. The molecule has 17 heavy (non-hydrogen) atoms. The number of carboxylic acid groups (broad SMARTS) is 1. The van der Waals surface area contributed by atoms with Gasteiger partial charge in [-0.1, -0.05) is 37.1 Å². The number of rotatable bonds is 6. The number of carbonyl (C=O) groups is 1. The minimum Gasteiger partial charge on any atom is -0.480 e. The highest BCUT2D eigenvalue weighted by molar-refractivity contribution is 6.30. The first-order valence-electron chi connectivity index (χ1n) is 5.74. The third kappa shape index (κ3) is 4.02. The Hall–Kier alpha value is -1.06. The Kier molecular flexibility index (Phi) is 5.45. The zero-order valence-corrected chi connectivity index (χ0v) is 10.9. The molecule has 0 aliphatic carbocycles. The van der Waals surface area contributed by atoms with Gasteiger partial charge in [0.25, 0.3) is 0 Å². The van der Waals surface area contributed by atoms with Crippen LogP contribution in [-0.4, -0.2) is 29.6 Å². The van der Waals surface area contributed by atoms with Gasteiger partial charge in [0.1, 0.15) is 6.04 Å². The monoisotopic (exact) mass is 255 g/mol. The Morgan fingerprint density at radius 3 is 2.47 bits per heavy atom. The van der Waals surface area contributed by atoms with Gasteiger partial charge in [0, 0.05) is 5.02 Å². The molecule has 0 aromatic heterocycles. The Labute approximate surface area is 107 Å². The van der Waals surface area contributed by atoms with E-state index in [0.717, 1.165) is 24.9 Å². The first-order chi connectivity index (χ1) is 8.06. The van der Waals surface area contributed by atoms with Crippen molar-refractivity contribution in [3.63, 3.8) is 0 Å². The molecule has 0 aliphatic heterocycles.